The van der Waals surface area contributed by atoms with Crippen molar-refractivity contribution in [3.63, 3.8) is 0 Å². The fraction of sp³-hybridized carbons (Fsp3) is 0.517. The summed E-state index contributed by atoms with van der Waals surface area (Å²) in [6, 6.07) is 4.67. The van der Waals surface area contributed by atoms with Crippen LogP contribution in [0.15, 0.2) is 36.4 Å². The molecule has 1 N–H and O–H groups in total. The number of benzene rings is 2. The minimum absolute atomic E-state index is 0.00643. The van der Waals surface area contributed by atoms with Crippen LogP contribution in [0.5, 0.6) is 5.75 Å². The molecule has 0 unspecified atom stereocenters. The molecule has 1 saturated carbocycles. The number of hydrogen-bond acceptors (Lipinski definition) is 7. The molecule has 1 fully saturated rings. The van der Waals surface area contributed by atoms with E-state index < -0.39 is 59.6 Å². The molecule has 47 heavy (non-hydrogen) atoms. The number of aliphatic carboxylic acids is 1. The average molecular weight is 683 g/mol. The number of rotatable bonds is 11. The van der Waals surface area contributed by atoms with E-state index in [1.54, 1.807) is 6.92 Å². The molecule has 258 valence electrons. The predicted octanol–water partition coefficient (Wildman–Crippen LogP) is 7.07. The van der Waals surface area contributed by atoms with E-state index in [1.807, 2.05) is 4.90 Å². The van der Waals surface area contributed by atoms with Gasteiger partial charge in [-0.2, -0.15) is 31.1 Å². The summed E-state index contributed by atoms with van der Waals surface area (Å²) in [4.78, 5) is 15.5. The van der Waals surface area contributed by atoms with Crippen LogP contribution in [0.4, 0.5) is 51.1 Å². The lowest BCUT2D eigenvalue weighted by Crippen LogP contribution is -2.34. The Hall–Kier alpha value is -4.25. The summed E-state index contributed by atoms with van der Waals surface area (Å²) in [6.45, 7) is 1.62. The SMILES string of the molecule is CCN(C[C@H]1CC[C@H](C(=O)O)CC1)c1ccc(OC(F)(F)F)cc1CN(Cc1cc(C(F)(F)F)cc(C(F)(F)F)c1)c1nnn(C)n1. The number of ether oxygens (including phenoxy) is 1. The summed E-state index contributed by atoms with van der Waals surface area (Å²) in [5.41, 5.74) is -2.87. The van der Waals surface area contributed by atoms with Crippen LogP contribution in [0.1, 0.15) is 54.9 Å². The highest BCUT2D eigenvalue weighted by atomic mass is 19.4. The van der Waals surface area contributed by atoms with Crippen LogP contribution in [0.2, 0.25) is 0 Å². The highest BCUT2D eigenvalue weighted by Crippen LogP contribution is 2.38. The molecule has 4 rings (SSSR count). The molecule has 1 aliphatic carbocycles. The maximum absolute atomic E-state index is 13.6. The summed E-state index contributed by atoms with van der Waals surface area (Å²) >= 11 is 0. The minimum Gasteiger partial charge on any atom is -0.481 e. The zero-order valence-corrected chi connectivity index (χ0v) is 25.1. The van der Waals surface area contributed by atoms with E-state index in [2.05, 4.69) is 20.1 Å². The van der Waals surface area contributed by atoms with Crippen LogP contribution in [-0.2, 0) is 37.3 Å². The zero-order chi connectivity index (χ0) is 34.7. The lowest BCUT2D eigenvalue weighted by Gasteiger charge is -2.34. The largest absolute Gasteiger partial charge is 0.573 e. The Balaban J connectivity index is 1.74. The third kappa shape index (κ3) is 9.63. The highest BCUT2D eigenvalue weighted by molar-refractivity contribution is 5.70. The molecule has 0 radical (unpaired) electrons. The Morgan fingerprint density at radius 1 is 0.915 bits per heavy atom. The molecule has 1 heterocycles. The number of alkyl halides is 9. The third-order valence-electron chi connectivity index (χ3n) is 7.84. The number of aryl methyl sites for hydroxylation is 1. The molecule has 3 aromatic rings. The van der Waals surface area contributed by atoms with Crippen LogP contribution >= 0.6 is 0 Å². The number of carbonyl (C=O) groups is 1. The van der Waals surface area contributed by atoms with Crippen molar-refractivity contribution in [2.24, 2.45) is 18.9 Å². The number of carboxylic acids is 1. The van der Waals surface area contributed by atoms with Gasteiger partial charge in [0.15, 0.2) is 0 Å². The van der Waals surface area contributed by atoms with Crippen molar-refractivity contribution in [3.05, 3.63) is 58.7 Å². The van der Waals surface area contributed by atoms with Crippen molar-refractivity contribution in [3.8, 4) is 5.75 Å². The van der Waals surface area contributed by atoms with Crippen molar-refractivity contribution < 1.29 is 54.2 Å². The molecule has 0 aliphatic heterocycles. The Kier molecular flexibility index (Phi) is 10.5. The number of tetrazole rings is 1. The van der Waals surface area contributed by atoms with Crippen molar-refractivity contribution in [1.82, 2.24) is 20.2 Å². The fourth-order valence-electron chi connectivity index (χ4n) is 5.63. The third-order valence-corrected chi connectivity index (χ3v) is 7.84. The molecule has 0 bridgehead atoms. The zero-order valence-electron chi connectivity index (χ0n) is 25.1. The maximum atomic E-state index is 13.6. The van der Waals surface area contributed by atoms with E-state index >= 15 is 0 Å². The monoisotopic (exact) mass is 682 g/mol. The molecule has 0 saturated heterocycles. The number of nitrogens with zero attached hydrogens (tertiary/aromatic N) is 6. The highest BCUT2D eigenvalue weighted by Gasteiger charge is 2.37. The number of anilines is 2. The minimum atomic E-state index is -5.10. The summed E-state index contributed by atoms with van der Waals surface area (Å²) in [7, 11) is 1.38. The first-order chi connectivity index (χ1) is 21.8. The lowest BCUT2D eigenvalue weighted by molar-refractivity contribution is -0.274. The van der Waals surface area contributed by atoms with E-state index in [1.165, 1.54) is 18.0 Å². The Bertz CT molecular complexity index is 1500. The Morgan fingerprint density at radius 2 is 1.53 bits per heavy atom. The van der Waals surface area contributed by atoms with Gasteiger partial charge in [-0.05, 0) is 91.3 Å². The van der Waals surface area contributed by atoms with E-state index in [9.17, 15) is 49.4 Å². The molecule has 1 aliphatic rings. The van der Waals surface area contributed by atoms with Gasteiger partial charge in [-0.15, -0.1) is 18.3 Å². The van der Waals surface area contributed by atoms with Gasteiger partial charge in [-0.25, -0.2) is 0 Å². The number of carboxylic acid groups (broad SMARTS) is 1. The van der Waals surface area contributed by atoms with E-state index in [0.29, 0.717) is 56.6 Å². The summed E-state index contributed by atoms with van der Waals surface area (Å²) < 4.78 is 125. The standard InChI is InChI=1S/C29H31F9N6O3/c1-3-43(14-17-4-6-19(7-5-17)25(45)46)24-9-8-23(47-29(36,37)38)12-20(24)16-44(26-39-41-42(2)40-26)15-18-10-21(27(30,31)32)13-22(11-18)28(33,34)35/h8-13,17,19H,3-7,14-16H2,1-2H3,(H,45,46)/t17-,19-. The second-order valence-electron chi connectivity index (χ2n) is 11.3. The second-order valence-corrected chi connectivity index (χ2v) is 11.3. The Morgan fingerprint density at radius 3 is 2.02 bits per heavy atom. The maximum Gasteiger partial charge on any atom is 0.573 e. The van der Waals surface area contributed by atoms with Crippen LogP contribution in [0.25, 0.3) is 0 Å². The van der Waals surface area contributed by atoms with Gasteiger partial charge in [0.25, 0.3) is 5.95 Å². The molecule has 0 spiro atoms. The van der Waals surface area contributed by atoms with Crippen LogP contribution in [0.3, 0.4) is 0 Å². The van der Waals surface area contributed by atoms with Gasteiger partial charge in [0.1, 0.15) is 5.75 Å². The first-order valence-corrected chi connectivity index (χ1v) is 14.5. The fourth-order valence-corrected chi connectivity index (χ4v) is 5.63. The van der Waals surface area contributed by atoms with Gasteiger partial charge in [0, 0.05) is 31.9 Å². The predicted molar refractivity (Wildman–Crippen MR) is 149 cm³/mol. The molecule has 9 nitrogen and oxygen atoms in total. The smallest absolute Gasteiger partial charge is 0.481 e. The molecule has 0 atom stereocenters. The Labute approximate surface area is 262 Å². The average Bonchev–Trinajstić information content (AvgIpc) is 3.40. The summed E-state index contributed by atoms with van der Waals surface area (Å²) in [5, 5.41) is 20.9. The summed E-state index contributed by atoms with van der Waals surface area (Å²) in [6.07, 6.45) is -13.1. The number of hydrogen-bond donors (Lipinski definition) is 1. The van der Waals surface area contributed by atoms with E-state index in [4.69, 9.17) is 0 Å². The molecule has 1 aromatic heterocycles. The van der Waals surface area contributed by atoms with Gasteiger partial charge in [0.2, 0.25) is 0 Å². The van der Waals surface area contributed by atoms with Crippen LogP contribution in [0, 0.1) is 11.8 Å². The summed E-state index contributed by atoms with van der Waals surface area (Å²) in [5.74, 6) is -2.08. The molecular formula is C29H31F9N6O3. The molecule has 18 heteroatoms. The van der Waals surface area contributed by atoms with Gasteiger partial charge in [-0.1, -0.05) is 5.10 Å². The first kappa shape index (κ1) is 35.6. The van der Waals surface area contributed by atoms with Crippen LogP contribution < -0.4 is 14.5 Å². The normalized spacial score (nSPS) is 17.4. The number of aromatic nitrogens is 4. The van der Waals surface area contributed by atoms with Crippen molar-refractivity contribution in [2.75, 3.05) is 22.9 Å². The molecule has 0 amide bonds. The first-order valence-electron chi connectivity index (χ1n) is 14.5. The van der Waals surface area contributed by atoms with E-state index in [0.717, 1.165) is 16.9 Å². The van der Waals surface area contributed by atoms with Gasteiger partial charge in [0.05, 0.1) is 24.1 Å². The van der Waals surface area contributed by atoms with Gasteiger partial charge in [-0.3, -0.25) is 4.79 Å². The lowest BCUT2D eigenvalue weighted by atomic mass is 9.81. The van der Waals surface area contributed by atoms with Crippen molar-refractivity contribution >= 4 is 17.6 Å². The quantitative estimate of drug-likeness (QED) is 0.215. The van der Waals surface area contributed by atoms with Gasteiger partial charge < -0.3 is 19.6 Å². The molecule has 2 aromatic carbocycles. The topological polar surface area (TPSA) is 96.6 Å². The molecular weight excluding hydrogens is 651 g/mol. The van der Waals surface area contributed by atoms with Crippen molar-refractivity contribution in [2.45, 2.75) is 64.4 Å². The number of halogens is 9. The van der Waals surface area contributed by atoms with Crippen LogP contribution in [-0.4, -0.2) is 50.7 Å². The van der Waals surface area contributed by atoms with E-state index in [-0.39, 0.29) is 30.0 Å². The van der Waals surface area contributed by atoms with Gasteiger partial charge >= 0.3 is 24.7 Å². The van der Waals surface area contributed by atoms with Crippen molar-refractivity contribution in [1.29, 1.82) is 0 Å². The second kappa shape index (κ2) is 13.9.